The Bertz CT molecular complexity index is 1120. The number of hydrogen-bond donors (Lipinski definition) is 2. The van der Waals surface area contributed by atoms with E-state index in [0.717, 1.165) is 27.5 Å². The van der Waals surface area contributed by atoms with Crippen molar-refractivity contribution in [2.24, 2.45) is 0 Å². The first-order valence-corrected chi connectivity index (χ1v) is 11.1. The van der Waals surface area contributed by atoms with Crippen molar-refractivity contribution in [2.75, 3.05) is 6.54 Å². The van der Waals surface area contributed by atoms with Crippen LogP contribution in [0.4, 0.5) is 0 Å². The van der Waals surface area contributed by atoms with Crippen LogP contribution in [0.5, 0.6) is 0 Å². The SMILES string of the molecule is Cc1ccc(C(CC(=O)OC(C)C)NC(=O)CNC(=O)Cc2cccc3ccccc23)cc1. The highest BCUT2D eigenvalue weighted by Crippen LogP contribution is 2.20. The van der Waals surface area contributed by atoms with E-state index < -0.39 is 12.0 Å². The maximum atomic E-state index is 12.6. The van der Waals surface area contributed by atoms with Crippen LogP contribution >= 0.6 is 0 Å². The maximum Gasteiger partial charge on any atom is 0.308 e. The second-order valence-electron chi connectivity index (χ2n) is 8.37. The molecular formula is C27H30N2O4. The number of aryl methyl sites for hydroxylation is 1. The molecule has 0 spiro atoms. The molecule has 0 saturated heterocycles. The van der Waals surface area contributed by atoms with Crippen molar-refractivity contribution in [3.8, 4) is 0 Å². The number of carbonyl (C=O) groups is 3. The summed E-state index contributed by atoms with van der Waals surface area (Å²) in [4.78, 5) is 37.3. The molecule has 0 fully saturated rings. The van der Waals surface area contributed by atoms with E-state index in [4.69, 9.17) is 4.74 Å². The van der Waals surface area contributed by atoms with Gasteiger partial charge in [-0.1, -0.05) is 72.3 Å². The molecule has 0 heterocycles. The molecule has 172 valence electrons. The first-order chi connectivity index (χ1) is 15.8. The summed E-state index contributed by atoms with van der Waals surface area (Å²) in [6, 6.07) is 20.8. The summed E-state index contributed by atoms with van der Waals surface area (Å²) in [6.45, 7) is 5.35. The number of nitrogens with one attached hydrogen (secondary N) is 2. The molecule has 0 saturated carbocycles. The summed E-state index contributed by atoms with van der Waals surface area (Å²) in [5.41, 5.74) is 2.78. The highest BCUT2D eigenvalue weighted by molar-refractivity contribution is 5.91. The molecule has 2 amide bonds. The third-order valence-corrected chi connectivity index (χ3v) is 5.23. The fraction of sp³-hybridized carbons (Fsp3) is 0.296. The van der Waals surface area contributed by atoms with Gasteiger partial charge in [0.1, 0.15) is 0 Å². The normalized spacial score (nSPS) is 11.8. The molecule has 0 aliphatic rings. The van der Waals surface area contributed by atoms with Gasteiger partial charge >= 0.3 is 5.97 Å². The van der Waals surface area contributed by atoms with Crippen molar-refractivity contribution in [3.63, 3.8) is 0 Å². The number of rotatable bonds is 9. The van der Waals surface area contributed by atoms with Crippen LogP contribution in [0, 0.1) is 6.92 Å². The zero-order valence-electron chi connectivity index (χ0n) is 19.3. The van der Waals surface area contributed by atoms with Crippen LogP contribution in [0.25, 0.3) is 10.8 Å². The lowest BCUT2D eigenvalue weighted by Crippen LogP contribution is -2.40. The first kappa shape index (κ1) is 24.0. The molecule has 3 rings (SSSR count). The Morgan fingerprint density at radius 3 is 2.30 bits per heavy atom. The Labute approximate surface area is 194 Å². The summed E-state index contributed by atoms with van der Waals surface area (Å²) in [5, 5.41) is 7.61. The van der Waals surface area contributed by atoms with Crippen LogP contribution in [0.1, 0.15) is 43.0 Å². The quantitative estimate of drug-likeness (QED) is 0.487. The second kappa shape index (κ2) is 11.3. The minimum Gasteiger partial charge on any atom is -0.463 e. The van der Waals surface area contributed by atoms with Crippen molar-refractivity contribution in [1.29, 1.82) is 0 Å². The molecule has 0 aliphatic carbocycles. The number of ether oxygens (including phenoxy) is 1. The van der Waals surface area contributed by atoms with Gasteiger partial charge in [-0.25, -0.2) is 0 Å². The maximum absolute atomic E-state index is 12.6. The van der Waals surface area contributed by atoms with Crippen molar-refractivity contribution in [1.82, 2.24) is 10.6 Å². The molecule has 0 aromatic heterocycles. The Balaban J connectivity index is 1.60. The Morgan fingerprint density at radius 1 is 0.879 bits per heavy atom. The summed E-state index contributed by atoms with van der Waals surface area (Å²) in [6.07, 6.45) is -0.0477. The largest absolute Gasteiger partial charge is 0.463 e. The van der Waals surface area contributed by atoms with Gasteiger partial charge in [-0.2, -0.15) is 0 Å². The lowest BCUT2D eigenvalue weighted by Gasteiger charge is -2.20. The average molecular weight is 447 g/mol. The minimum absolute atomic E-state index is 0.0108. The van der Waals surface area contributed by atoms with Crippen molar-refractivity contribution >= 4 is 28.6 Å². The van der Waals surface area contributed by atoms with Gasteiger partial charge in [0.25, 0.3) is 0 Å². The highest BCUT2D eigenvalue weighted by atomic mass is 16.5. The van der Waals surface area contributed by atoms with Crippen molar-refractivity contribution in [3.05, 3.63) is 83.4 Å². The van der Waals surface area contributed by atoms with Crippen LogP contribution in [0.15, 0.2) is 66.7 Å². The molecule has 6 heteroatoms. The Kier molecular flexibility index (Phi) is 8.19. The summed E-state index contributed by atoms with van der Waals surface area (Å²) < 4.78 is 5.25. The average Bonchev–Trinajstić information content (AvgIpc) is 2.77. The van der Waals surface area contributed by atoms with E-state index in [0.29, 0.717) is 0 Å². The van der Waals surface area contributed by atoms with E-state index in [1.165, 1.54) is 0 Å². The van der Waals surface area contributed by atoms with Gasteiger partial charge in [0, 0.05) is 0 Å². The standard InChI is InChI=1S/C27H30N2O4/c1-18(2)33-27(32)16-24(21-13-11-19(3)12-14-21)29-26(31)17-28-25(30)15-22-9-6-8-20-7-4-5-10-23(20)22/h4-14,18,24H,15-17H2,1-3H3,(H,28,30)(H,29,31). The van der Waals surface area contributed by atoms with Gasteiger partial charge in [0.15, 0.2) is 0 Å². The van der Waals surface area contributed by atoms with E-state index >= 15 is 0 Å². The zero-order valence-corrected chi connectivity index (χ0v) is 19.3. The molecule has 1 unspecified atom stereocenters. The van der Waals surface area contributed by atoms with Crippen LogP contribution in [-0.4, -0.2) is 30.4 Å². The van der Waals surface area contributed by atoms with E-state index in [1.807, 2.05) is 73.7 Å². The van der Waals surface area contributed by atoms with E-state index in [1.54, 1.807) is 13.8 Å². The molecule has 3 aromatic rings. The van der Waals surface area contributed by atoms with E-state index in [9.17, 15) is 14.4 Å². The fourth-order valence-electron chi connectivity index (χ4n) is 3.63. The number of carbonyl (C=O) groups excluding carboxylic acids is 3. The molecule has 6 nitrogen and oxygen atoms in total. The molecule has 0 aliphatic heterocycles. The van der Waals surface area contributed by atoms with Gasteiger partial charge < -0.3 is 15.4 Å². The summed E-state index contributed by atoms with van der Waals surface area (Å²) >= 11 is 0. The smallest absolute Gasteiger partial charge is 0.308 e. The number of amides is 2. The Hall–Kier alpha value is -3.67. The van der Waals surface area contributed by atoms with Gasteiger partial charge in [-0.3, -0.25) is 14.4 Å². The number of hydrogen-bond acceptors (Lipinski definition) is 4. The van der Waals surface area contributed by atoms with Gasteiger partial charge in [-0.05, 0) is 42.7 Å². The summed E-state index contributed by atoms with van der Waals surface area (Å²) in [5.74, 6) is -1.01. The van der Waals surface area contributed by atoms with E-state index in [2.05, 4.69) is 10.6 Å². The molecule has 2 N–H and O–H groups in total. The van der Waals surface area contributed by atoms with Crippen molar-refractivity contribution < 1.29 is 19.1 Å². The topological polar surface area (TPSA) is 84.5 Å². The third-order valence-electron chi connectivity index (χ3n) is 5.23. The predicted octanol–water partition coefficient (Wildman–Crippen LogP) is 4.01. The third kappa shape index (κ3) is 7.17. The highest BCUT2D eigenvalue weighted by Gasteiger charge is 2.20. The van der Waals surface area contributed by atoms with Crippen LogP contribution in [0.3, 0.4) is 0 Å². The molecule has 0 radical (unpaired) electrons. The molecular weight excluding hydrogens is 416 g/mol. The minimum atomic E-state index is -0.542. The van der Waals surface area contributed by atoms with Gasteiger partial charge in [-0.15, -0.1) is 0 Å². The predicted molar refractivity (Wildman–Crippen MR) is 129 cm³/mol. The number of esters is 1. The lowest BCUT2D eigenvalue weighted by molar-refractivity contribution is -0.148. The van der Waals surface area contributed by atoms with Gasteiger partial charge in [0.2, 0.25) is 11.8 Å². The van der Waals surface area contributed by atoms with Crippen LogP contribution in [0.2, 0.25) is 0 Å². The number of benzene rings is 3. The molecule has 33 heavy (non-hydrogen) atoms. The molecule has 0 bridgehead atoms. The van der Waals surface area contributed by atoms with Gasteiger partial charge in [0.05, 0.1) is 31.5 Å². The monoisotopic (exact) mass is 446 g/mol. The van der Waals surface area contributed by atoms with Crippen LogP contribution in [-0.2, 0) is 25.5 Å². The lowest BCUT2D eigenvalue weighted by atomic mass is 10.0. The summed E-state index contributed by atoms with van der Waals surface area (Å²) in [7, 11) is 0. The number of fused-ring (bicyclic) bond motifs is 1. The Morgan fingerprint density at radius 2 is 1.58 bits per heavy atom. The van der Waals surface area contributed by atoms with E-state index in [-0.39, 0.29) is 37.3 Å². The molecule has 3 aromatic carbocycles. The molecule has 1 atom stereocenters. The van der Waals surface area contributed by atoms with Crippen molar-refractivity contribution in [2.45, 2.75) is 45.8 Å². The first-order valence-electron chi connectivity index (χ1n) is 11.1. The second-order valence-corrected chi connectivity index (χ2v) is 8.37. The fourth-order valence-corrected chi connectivity index (χ4v) is 3.63. The zero-order chi connectivity index (χ0) is 23.8. The van der Waals surface area contributed by atoms with Crippen LogP contribution < -0.4 is 10.6 Å².